The number of hydrogen-bond acceptors (Lipinski definition) is 6. The molecule has 0 aliphatic carbocycles. The number of hydrogen-bond donors (Lipinski definition) is 3. The summed E-state index contributed by atoms with van der Waals surface area (Å²) in [5.41, 5.74) is 8.58. The number of nitrogens with zero attached hydrogens (tertiary/aromatic N) is 4. The summed E-state index contributed by atoms with van der Waals surface area (Å²) in [7, 11) is 0. The fourth-order valence-corrected chi connectivity index (χ4v) is 3.12. The van der Waals surface area contributed by atoms with Gasteiger partial charge in [-0.1, -0.05) is 11.3 Å². The molecule has 1 aromatic carbocycles. The lowest BCUT2D eigenvalue weighted by Gasteiger charge is -2.18. The predicted octanol–water partition coefficient (Wildman–Crippen LogP) is 0.231. The summed E-state index contributed by atoms with van der Waals surface area (Å²) in [6.07, 6.45) is 3.28. The number of imidazole rings is 1. The van der Waals surface area contributed by atoms with E-state index in [9.17, 15) is 4.79 Å². The fourth-order valence-electron chi connectivity index (χ4n) is 3.12. The Hall–Kier alpha value is -2.78. The van der Waals surface area contributed by atoms with Gasteiger partial charge >= 0.3 is 0 Å². The lowest BCUT2D eigenvalue weighted by molar-refractivity contribution is 0.0995. The number of benzene rings is 1. The normalized spacial score (nSPS) is 20.3. The van der Waals surface area contributed by atoms with Gasteiger partial charge in [0.05, 0.1) is 42.8 Å². The molecule has 3 heterocycles. The van der Waals surface area contributed by atoms with Crippen molar-refractivity contribution in [3.05, 3.63) is 42.0 Å². The van der Waals surface area contributed by atoms with Crippen molar-refractivity contribution >= 4 is 16.9 Å². The number of amides is 1. The van der Waals surface area contributed by atoms with E-state index in [0.717, 1.165) is 24.1 Å². The number of nitrogens with two attached hydrogens (primary N) is 1. The number of carbonyl (C=O) groups is 1. The van der Waals surface area contributed by atoms with Crippen molar-refractivity contribution in [2.24, 2.45) is 11.7 Å². The van der Waals surface area contributed by atoms with Crippen LogP contribution in [0.4, 0.5) is 0 Å². The molecule has 4 N–H and O–H groups in total. The number of nitrogens with one attached hydrogen (secondary N) is 2. The zero-order chi connectivity index (χ0) is 17.2. The summed E-state index contributed by atoms with van der Waals surface area (Å²) in [6, 6.07) is 6.21. The Kier molecular flexibility index (Phi) is 4.16. The molecule has 9 heteroatoms. The number of aromatic amines is 1. The Morgan fingerprint density at radius 3 is 3.20 bits per heavy atom. The van der Waals surface area contributed by atoms with E-state index in [2.05, 4.69) is 37.7 Å². The molecule has 1 aliphatic rings. The van der Waals surface area contributed by atoms with Gasteiger partial charge in [0.15, 0.2) is 5.69 Å². The number of rotatable bonds is 6. The van der Waals surface area contributed by atoms with Gasteiger partial charge in [-0.15, -0.1) is 5.10 Å². The summed E-state index contributed by atoms with van der Waals surface area (Å²) in [5, 5.41) is 11.3. The van der Waals surface area contributed by atoms with Gasteiger partial charge in [0.2, 0.25) is 0 Å². The Morgan fingerprint density at radius 1 is 1.44 bits per heavy atom. The smallest absolute Gasteiger partial charge is 0.270 e. The standard InChI is InChI=1S/C16H19N7O2/c17-16(24)14-6-23(22-21-14)15-8-25-7-11(15)5-18-4-10-1-2-12-13(3-10)20-9-19-12/h1-3,6,9,11,15,18H,4-5,7-8H2,(H2,17,24)(H,19,20)/t11-,15-/m1/s1. The van der Waals surface area contributed by atoms with Crippen LogP contribution in [0.5, 0.6) is 0 Å². The van der Waals surface area contributed by atoms with Gasteiger partial charge in [-0.05, 0) is 17.7 Å². The quantitative estimate of drug-likeness (QED) is 0.590. The van der Waals surface area contributed by atoms with Crippen molar-refractivity contribution in [2.45, 2.75) is 12.6 Å². The number of carbonyl (C=O) groups excluding carboxylic acids is 1. The van der Waals surface area contributed by atoms with Crippen molar-refractivity contribution in [1.29, 1.82) is 0 Å². The highest BCUT2D eigenvalue weighted by Crippen LogP contribution is 2.24. The van der Waals surface area contributed by atoms with Crippen LogP contribution in [0.2, 0.25) is 0 Å². The highest BCUT2D eigenvalue weighted by atomic mass is 16.5. The Bertz CT molecular complexity index is 887. The average molecular weight is 341 g/mol. The second kappa shape index (κ2) is 6.61. The lowest BCUT2D eigenvalue weighted by atomic mass is 10.0. The van der Waals surface area contributed by atoms with E-state index in [0.29, 0.717) is 13.2 Å². The van der Waals surface area contributed by atoms with E-state index >= 15 is 0 Å². The van der Waals surface area contributed by atoms with Crippen LogP contribution in [-0.2, 0) is 11.3 Å². The number of H-pyrrole nitrogens is 1. The van der Waals surface area contributed by atoms with Crippen LogP contribution in [-0.4, -0.2) is 50.6 Å². The largest absolute Gasteiger partial charge is 0.379 e. The summed E-state index contributed by atoms with van der Waals surface area (Å²) in [5.74, 6) is -0.327. The van der Waals surface area contributed by atoms with E-state index < -0.39 is 5.91 Å². The third-order valence-corrected chi connectivity index (χ3v) is 4.49. The first-order valence-corrected chi connectivity index (χ1v) is 8.13. The summed E-state index contributed by atoms with van der Waals surface area (Å²) >= 11 is 0. The van der Waals surface area contributed by atoms with Gasteiger partial charge < -0.3 is 20.8 Å². The monoisotopic (exact) mass is 341 g/mol. The Balaban J connectivity index is 1.36. The van der Waals surface area contributed by atoms with Crippen LogP contribution < -0.4 is 11.1 Å². The molecular formula is C16H19N7O2. The van der Waals surface area contributed by atoms with Gasteiger partial charge in [0.1, 0.15) is 0 Å². The van der Waals surface area contributed by atoms with Crippen LogP contribution in [0.25, 0.3) is 11.0 Å². The van der Waals surface area contributed by atoms with Crippen molar-refractivity contribution in [2.75, 3.05) is 19.8 Å². The molecule has 1 fully saturated rings. The van der Waals surface area contributed by atoms with Crippen molar-refractivity contribution in [1.82, 2.24) is 30.3 Å². The highest BCUT2D eigenvalue weighted by molar-refractivity contribution is 5.90. The third kappa shape index (κ3) is 3.24. The first-order chi connectivity index (χ1) is 12.2. The molecule has 25 heavy (non-hydrogen) atoms. The van der Waals surface area contributed by atoms with Crippen LogP contribution in [0.1, 0.15) is 22.1 Å². The average Bonchev–Trinajstić information content (AvgIpc) is 3.34. The summed E-state index contributed by atoms with van der Waals surface area (Å²) in [4.78, 5) is 18.5. The van der Waals surface area contributed by atoms with Gasteiger partial charge in [-0.3, -0.25) is 4.79 Å². The van der Waals surface area contributed by atoms with Crippen LogP contribution in [0, 0.1) is 5.92 Å². The number of fused-ring (bicyclic) bond motifs is 1. The molecule has 1 aliphatic heterocycles. The SMILES string of the molecule is NC(=O)c1cn([C@@H]2COC[C@H]2CNCc2ccc3nc[nH]c3c2)nn1. The maximum Gasteiger partial charge on any atom is 0.270 e. The highest BCUT2D eigenvalue weighted by Gasteiger charge is 2.30. The molecule has 1 amide bonds. The maximum atomic E-state index is 11.2. The minimum atomic E-state index is -0.575. The summed E-state index contributed by atoms with van der Waals surface area (Å²) < 4.78 is 7.26. The molecule has 3 aromatic rings. The molecule has 2 atom stereocenters. The van der Waals surface area contributed by atoms with Crippen LogP contribution in [0.3, 0.4) is 0 Å². The van der Waals surface area contributed by atoms with E-state index in [4.69, 9.17) is 10.5 Å². The molecule has 4 rings (SSSR count). The lowest BCUT2D eigenvalue weighted by Crippen LogP contribution is -2.29. The second-order valence-corrected chi connectivity index (χ2v) is 6.20. The molecule has 2 aromatic heterocycles. The zero-order valence-corrected chi connectivity index (χ0v) is 13.6. The maximum absolute atomic E-state index is 11.2. The Labute approximate surface area is 143 Å². The van der Waals surface area contributed by atoms with E-state index in [1.807, 2.05) is 6.07 Å². The number of primary amides is 1. The second-order valence-electron chi connectivity index (χ2n) is 6.20. The molecule has 0 radical (unpaired) electrons. The first kappa shape index (κ1) is 15.7. The van der Waals surface area contributed by atoms with Crippen LogP contribution >= 0.6 is 0 Å². The molecule has 130 valence electrons. The van der Waals surface area contributed by atoms with Gasteiger partial charge in [-0.25, -0.2) is 9.67 Å². The van der Waals surface area contributed by atoms with Crippen molar-refractivity contribution in [3.8, 4) is 0 Å². The fraction of sp³-hybridized carbons (Fsp3) is 0.375. The van der Waals surface area contributed by atoms with Gasteiger partial charge in [0.25, 0.3) is 5.91 Å². The number of aromatic nitrogens is 5. The zero-order valence-electron chi connectivity index (χ0n) is 13.6. The topological polar surface area (TPSA) is 124 Å². The van der Waals surface area contributed by atoms with E-state index in [-0.39, 0.29) is 17.7 Å². The van der Waals surface area contributed by atoms with Gasteiger partial charge in [-0.2, -0.15) is 0 Å². The first-order valence-electron chi connectivity index (χ1n) is 8.13. The van der Waals surface area contributed by atoms with E-state index in [1.54, 1.807) is 17.2 Å². The van der Waals surface area contributed by atoms with Gasteiger partial charge in [0, 0.05) is 19.0 Å². The number of ether oxygens (including phenoxy) is 1. The van der Waals surface area contributed by atoms with Crippen molar-refractivity contribution in [3.63, 3.8) is 0 Å². The molecule has 9 nitrogen and oxygen atoms in total. The van der Waals surface area contributed by atoms with E-state index in [1.165, 1.54) is 5.56 Å². The Morgan fingerprint density at radius 2 is 2.36 bits per heavy atom. The predicted molar refractivity (Wildman–Crippen MR) is 89.7 cm³/mol. The molecular weight excluding hydrogens is 322 g/mol. The summed E-state index contributed by atoms with van der Waals surface area (Å²) in [6.45, 7) is 2.72. The van der Waals surface area contributed by atoms with Crippen LogP contribution in [0.15, 0.2) is 30.7 Å². The minimum Gasteiger partial charge on any atom is -0.379 e. The molecule has 1 saturated heterocycles. The molecule has 0 bridgehead atoms. The molecule has 0 spiro atoms. The molecule has 0 unspecified atom stereocenters. The van der Waals surface area contributed by atoms with Crippen molar-refractivity contribution < 1.29 is 9.53 Å². The minimum absolute atomic E-state index is 0.0446. The third-order valence-electron chi connectivity index (χ3n) is 4.49. The molecule has 0 saturated carbocycles.